The molecule has 2 saturated heterocycles. The largest absolute Gasteiger partial charge is 0.399 e. The van der Waals surface area contributed by atoms with Crippen molar-refractivity contribution in [2.24, 2.45) is 0 Å². The van der Waals surface area contributed by atoms with Gasteiger partial charge in [0.2, 0.25) is 0 Å². The van der Waals surface area contributed by atoms with Gasteiger partial charge in [-0.2, -0.15) is 0 Å². The molecule has 3 aromatic rings. The van der Waals surface area contributed by atoms with Crippen molar-refractivity contribution < 1.29 is 9.59 Å². The van der Waals surface area contributed by atoms with E-state index in [2.05, 4.69) is 9.47 Å². The van der Waals surface area contributed by atoms with Gasteiger partial charge >= 0.3 is 0 Å². The van der Waals surface area contributed by atoms with E-state index in [0.717, 1.165) is 42.9 Å². The zero-order valence-corrected chi connectivity index (χ0v) is 22.4. The van der Waals surface area contributed by atoms with Crippen LogP contribution in [0, 0.1) is 0 Å². The monoisotopic (exact) mass is 531 g/mol. The predicted molar refractivity (Wildman–Crippen MR) is 151 cm³/mol. The molecule has 2 aromatic carbocycles. The Balaban J connectivity index is 1.25. The fourth-order valence-electron chi connectivity index (χ4n) is 6.26. The van der Waals surface area contributed by atoms with Crippen molar-refractivity contribution in [3.8, 4) is 0 Å². The van der Waals surface area contributed by atoms with Gasteiger partial charge in [-0.1, -0.05) is 36.2 Å². The molecule has 0 radical (unpaired) electrons. The zero-order valence-electron chi connectivity index (χ0n) is 21.6. The summed E-state index contributed by atoms with van der Waals surface area (Å²) in [6.07, 6.45) is 5.99. The van der Waals surface area contributed by atoms with Gasteiger partial charge in [0.15, 0.2) is 0 Å². The molecule has 0 aliphatic carbocycles. The summed E-state index contributed by atoms with van der Waals surface area (Å²) in [5.74, 6) is -0.114. The first-order valence-corrected chi connectivity index (χ1v) is 14.0. The van der Waals surface area contributed by atoms with Crippen LogP contribution in [0.15, 0.2) is 54.6 Å². The van der Waals surface area contributed by atoms with E-state index in [4.69, 9.17) is 17.3 Å². The summed E-state index contributed by atoms with van der Waals surface area (Å²) in [6, 6.07) is 17.3. The van der Waals surface area contributed by atoms with Crippen molar-refractivity contribution in [1.29, 1.82) is 0 Å². The van der Waals surface area contributed by atoms with E-state index in [-0.39, 0.29) is 11.8 Å². The van der Waals surface area contributed by atoms with Gasteiger partial charge in [0.1, 0.15) is 5.69 Å². The highest BCUT2D eigenvalue weighted by atomic mass is 35.5. The minimum Gasteiger partial charge on any atom is -0.399 e. The zero-order chi connectivity index (χ0) is 26.2. The topological polar surface area (TPSA) is 74.8 Å². The number of rotatable bonds is 3. The number of hydrogen-bond acceptors (Lipinski definition) is 4. The molecule has 7 nitrogen and oxygen atoms in total. The molecule has 2 amide bonds. The summed E-state index contributed by atoms with van der Waals surface area (Å²) in [5, 5.41) is 0.330. The van der Waals surface area contributed by atoms with Gasteiger partial charge in [-0.3, -0.25) is 9.59 Å². The van der Waals surface area contributed by atoms with Crippen molar-refractivity contribution in [2.45, 2.75) is 51.2 Å². The molecule has 198 valence electrons. The number of para-hydroxylation sites is 1. The molecule has 6 rings (SSSR count). The molecular weight excluding hydrogens is 498 g/mol. The minimum absolute atomic E-state index is 0.0761. The summed E-state index contributed by atoms with van der Waals surface area (Å²) in [4.78, 5) is 33.8. The van der Waals surface area contributed by atoms with Crippen molar-refractivity contribution >= 4 is 34.8 Å². The van der Waals surface area contributed by atoms with E-state index < -0.39 is 0 Å². The van der Waals surface area contributed by atoms with Crippen LogP contribution in [0.25, 0.3) is 0 Å². The number of amides is 2. The van der Waals surface area contributed by atoms with Crippen molar-refractivity contribution in [1.82, 2.24) is 14.4 Å². The normalized spacial score (nSPS) is 18.6. The Morgan fingerprint density at radius 1 is 0.842 bits per heavy atom. The van der Waals surface area contributed by atoms with E-state index in [1.165, 1.54) is 32.4 Å². The number of anilines is 2. The molecule has 4 heterocycles. The Hall–Kier alpha value is -3.29. The first kappa shape index (κ1) is 25.0. The predicted octanol–water partition coefficient (Wildman–Crippen LogP) is 5.02. The number of nitrogen functional groups attached to an aromatic ring is 1. The van der Waals surface area contributed by atoms with Crippen LogP contribution in [-0.2, 0) is 13.1 Å². The maximum absolute atomic E-state index is 13.7. The van der Waals surface area contributed by atoms with Crippen molar-refractivity contribution in [2.75, 3.05) is 36.8 Å². The highest BCUT2D eigenvalue weighted by Gasteiger charge is 2.32. The molecule has 2 fully saturated rings. The SMILES string of the molecule is Nc1ccc(C(=O)N2Cc3ccc(C(=O)N4CCC(N5CCCCC5)CC4)n3Cc3ccccc32)c(Cl)c1. The van der Waals surface area contributed by atoms with Crippen molar-refractivity contribution in [3.05, 3.63) is 82.1 Å². The molecular formula is C30H34ClN5O2. The summed E-state index contributed by atoms with van der Waals surface area (Å²) in [6.45, 7) is 4.85. The summed E-state index contributed by atoms with van der Waals surface area (Å²) >= 11 is 6.42. The summed E-state index contributed by atoms with van der Waals surface area (Å²) in [7, 11) is 0. The third kappa shape index (κ3) is 4.69. The van der Waals surface area contributed by atoms with Crippen LogP contribution in [0.1, 0.15) is 64.2 Å². The lowest BCUT2D eigenvalue weighted by Crippen LogP contribution is -2.48. The first-order chi connectivity index (χ1) is 18.5. The lowest BCUT2D eigenvalue weighted by Gasteiger charge is -2.40. The Morgan fingerprint density at radius 3 is 2.37 bits per heavy atom. The van der Waals surface area contributed by atoms with Crippen LogP contribution in [0.5, 0.6) is 0 Å². The molecule has 8 heteroatoms. The smallest absolute Gasteiger partial charge is 0.270 e. The molecule has 0 bridgehead atoms. The van der Waals surface area contributed by atoms with Crippen LogP contribution in [0.3, 0.4) is 0 Å². The van der Waals surface area contributed by atoms with E-state index >= 15 is 0 Å². The number of likely N-dealkylation sites (tertiary alicyclic amines) is 2. The van der Waals surface area contributed by atoms with Gasteiger partial charge in [0, 0.05) is 36.2 Å². The first-order valence-electron chi connectivity index (χ1n) is 13.7. The second kappa shape index (κ2) is 10.5. The quantitative estimate of drug-likeness (QED) is 0.481. The van der Waals surface area contributed by atoms with Gasteiger partial charge < -0.3 is 25.0 Å². The molecule has 0 atom stereocenters. The minimum atomic E-state index is -0.190. The Morgan fingerprint density at radius 2 is 1.61 bits per heavy atom. The maximum Gasteiger partial charge on any atom is 0.270 e. The van der Waals surface area contributed by atoms with E-state index in [1.54, 1.807) is 23.1 Å². The van der Waals surface area contributed by atoms with Crippen LogP contribution in [0.4, 0.5) is 11.4 Å². The number of aromatic nitrogens is 1. The van der Waals surface area contributed by atoms with Gasteiger partial charge in [-0.15, -0.1) is 0 Å². The highest BCUT2D eigenvalue weighted by Crippen LogP contribution is 2.32. The lowest BCUT2D eigenvalue weighted by atomic mass is 9.99. The highest BCUT2D eigenvalue weighted by molar-refractivity contribution is 6.34. The molecule has 0 unspecified atom stereocenters. The average molecular weight is 532 g/mol. The summed E-state index contributed by atoms with van der Waals surface area (Å²) < 4.78 is 2.08. The Bertz CT molecular complexity index is 1350. The number of fused-ring (bicyclic) bond motifs is 2. The molecule has 0 spiro atoms. The molecule has 38 heavy (non-hydrogen) atoms. The van der Waals surface area contributed by atoms with Gasteiger partial charge in [0.25, 0.3) is 11.8 Å². The average Bonchev–Trinajstić information content (AvgIpc) is 3.25. The van der Waals surface area contributed by atoms with Gasteiger partial charge in [0.05, 0.1) is 23.7 Å². The van der Waals surface area contributed by atoms with Crippen LogP contribution >= 0.6 is 11.6 Å². The number of hydrogen-bond donors (Lipinski definition) is 1. The second-order valence-corrected chi connectivity index (χ2v) is 11.1. The van der Waals surface area contributed by atoms with Crippen LogP contribution in [-0.4, -0.2) is 58.4 Å². The van der Waals surface area contributed by atoms with E-state index in [9.17, 15) is 9.59 Å². The Labute approximate surface area is 228 Å². The fraction of sp³-hybridized carbons (Fsp3) is 0.400. The fourth-order valence-corrected chi connectivity index (χ4v) is 6.53. The third-order valence-corrected chi connectivity index (χ3v) is 8.66. The van der Waals surface area contributed by atoms with E-state index in [1.807, 2.05) is 41.3 Å². The molecule has 3 aliphatic heterocycles. The molecule has 0 saturated carbocycles. The van der Waals surface area contributed by atoms with Gasteiger partial charge in [-0.25, -0.2) is 0 Å². The summed E-state index contributed by atoms with van der Waals surface area (Å²) in [5.41, 5.74) is 10.2. The number of carbonyl (C=O) groups excluding carboxylic acids is 2. The maximum atomic E-state index is 13.7. The van der Waals surface area contributed by atoms with Crippen LogP contribution in [0.2, 0.25) is 5.02 Å². The molecule has 2 N–H and O–H groups in total. The number of benzene rings is 2. The van der Waals surface area contributed by atoms with Crippen molar-refractivity contribution in [3.63, 3.8) is 0 Å². The number of nitrogens with two attached hydrogens (primary N) is 1. The number of carbonyl (C=O) groups is 2. The lowest BCUT2D eigenvalue weighted by molar-refractivity contribution is 0.0580. The van der Waals surface area contributed by atoms with E-state index in [0.29, 0.717) is 41.1 Å². The number of piperidine rings is 2. The number of halogens is 1. The van der Waals surface area contributed by atoms with Crippen LogP contribution < -0.4 is 10.6 Å². The Kier molecular flexibility index (Phi) is 6.89. The molecule has 3 aliphatic rings. The third-order valence-electron chi connectivity index (χ3n) is 8.35. The standard InChI is InChI=1S/C30H34ClN5O2/c31-26-18-22(32)8-10-25(26)29(37)36-20-24-9-11-28(35(24)19-21-6-2-3-7-27(21)36)30(38)34-16-12-23(13-17-34)33-14-4-1-5-15-33/h2-3,6-11,18,23H,1,4-5,12-17,19-20,32H2. The molecule has 1 aromatic heterocycles. The number of nitrogens with zero attached hydrogens (tertiary/aromatic N) is 4. The second-order valence-electron chi connectivity index (χ2n) is 10.7. The van der Waals surface area contributed by atoms with Gasteiger partial charge in [-0.05, 0) is 80.7 Å².